The van der Waals surface area contributed by atoms with Gasteiger partial charge in [0.05, 0.1) is 10.9 Å². The molecule has 0 radical (unpaired) electrons. The summed E-state index contributed by atoms with van der Waals surface area (Å²) in [6.07, 6.45) is 1.48. The highest BCUT2D eigenvalue weighted by molar-refractivity contribution is 7.93. The largest absolute Gasteiger partial charge is 0.338 e. The predicted octanol–water partition coefficient (Wildman–Crippen LogP) is 0.887. The Morgan fingerprint density at radius 1 is 1.62 bits per heavy atom. The maximum atomic E-state index is 11.4. The van der Waals surface area contributed by atoms with E-state index in [1.54, 1.807) is 13.0 Å². The Morgan fingerprint density at radius 2 is 2.31 bits per heavy atom. The van der Waals surface area contributed by atoms with Crippen molar-refractivity contribution < 1.29 is 12.9 Å². The fourth-order valence-electron chi connectivity index (χ4n) is 1.01. The van der Waals surface area contributed by atoms with Crippen LogP contribution in [0.25, 0.3) is 0 Å². The molecular formula is C7H10N2O3S. The van der Waals surface area contributed by atoms with E-state index >= 15 is 0 Å². The number of nitrogens with one attached hydrogen (secondary N) is 1. The van der Waals surface area contributed by atoms with Gasteiger partial charge in [0.2, 0.25) is 15.9 Å². The van der Waals surface area contributed by atoms with Crippen LogP contribution in [0.1, 0.15) is 18.5 Å². The number of nitrogens with zero attached hydrogens (tertiary/aromatic N) is 1. The normalized spacial score (nSPS) is 17.3. The van der Waals surface area contributed by atoms with E-state index in [1.807, 2.05) is 0 Å². The van der Waals surface area contributed by atoms with Crippen molar-refractivity contribution in [2.24, 2.45) is 0 Å². The molecule has 1 aliphatic carbocycles. The molecule has 1 heterocycles. The van der Waals surface area contributed by atoms with E-state index in [2.05, 4.69) is 9.88 Å². The van der Waals surface area contributed by atoms with Crippen molar-refractivity contribution in [3.05, 3.63) is 11.8 Å². The van der Waals surface area contributed by atoms with Gasteiger partial charge in [0.25, 0.3) is 0 Å². The third-order valence-electron chi connectivity index (χ3n) is 1.83. The average Bonchev–Trinajstić information content (AvgIpc) is 2.78. The van der Waals surface area contributed by atoms with E-state index in [4.69, 9.17) is 4.52 Å². The molecule has 13 heavy (non-hydrogen) atoms. The van der Waals surface area contributed by atoms with E-state index in [0.29, 0.717) is 5.69 Å². The molecule has 72 valence electrons. The fraction of sp³-hybridized carbons (Fsp3) is 0.571. The first kappa shape index (κ1) is 8.55. The molecule has 0 amide bonds. The molecule has 2 rings (SSSR count). The van der Waals surface area contributed by atoms with Crippen LogP contribution >= 0.6 is 0 Å². The molecular weight excluding hydrogens is 192 g/mol. The molecule has 6 heteroatoms. The van der Waals surface area contributed by atoms with Gasteiger partial charge in [-0.3, -0.25) is 4.72 Å². The quantitative estimate of drug-likeness (QED) is 0.790. The summed E-state index contributed by atoms with van der Waals surface area (Å²) in [6, 6.07) is 1.56. The summed E-state index contributed by atoms with van der Waals surface area (Å²) < 4.78 is 29.8. The van der Waals surface area contributed by atoms with Crippen molar-refractivity contribution in [1.29, 1.82) is 0 Å². The van der Waals surface area contributed by atoms with E-state index in [1.165, 1.54) is 0 Å². The molecule has 1 aromatic heterocycles. The first-order valence-corrected chi connectivity index (χ1v) is 5.57. The van der Waals surface area contributed by atoms with E-state index in [0.717, 1.165) is 12.8 Å². The predicted molar refractivity (Wildman–Crippen MR) is 46.8 cm³/mol. The Hall–Kier alpha value is -1.04. The van der Waals surface area contributed by atoms with Gasteiger partial charge in [-0.1, -0.05) is 5.16 Å². The summed E-state index contributed by atoms with van der Waals surface area (Å²) in [5, 5.41) is 3.34. The van der Waals surface area contributed by atoms with Crippen LogP contribution in [0.2, 0.25) is 0 Å². The third kappa shape index (κ3) is 1.82. The second-order valence-corrected chi connectivity index (χ2v) is 5.14. The standard InChI is InChI=1S/C7H10N2O3S/c1-5-4-7(12-8-5)9-13(10,11)6-2-3-6/h4,6,9H,2-3H2,1H3. The first-order chi connectivity index (χ1) is 6.08. The number of aryl methyl sites for hydroxylation is 1. The van der Waals surface area contributed by atoms with Crippen molar-refractivity contribution in [2.75, 3.05) is 4.72 Å². The summed E-state index contributed by atoms with van der Waals surface area (Å²) in [6.45, 7) is 1.73. The third-order valence-corrected chi connectivity index (χ3v) is 3.67. The lowest BCUT2D eigenvalue weighted by Crippen LogP contribution is -2.16. The molecule has 5 nitrogen and oxygen atoms in total. The zero-order valence-electron chi connectivity index (χ0n) is 7.15. The topological polar surface area (TPSA) is 72.2 Å². The highest BCUT2D eigenvalue weighted by Crippen LogP contribution is 2.29. The molecule has 1 aromatic rings. The first-order valence-electron chi connectivity index (χ1n) is 4.03. The highest BCUT2D eigenvalue weighted by Gasteiger charge is 2.36. The molecule has 0 saturated heterocycles. The molecule has 0 unspecified atom stereocenters. The summed E-state index contributed by atoms with van der Waals surface area (Å²) in [4.78, 5) is 0. The van der Waals surface area contributed by atoms with Crippen LogP contribution in [0.5, 0.6) is 0 Å². The maximum Gasteiger partial charge on any atom is 0.238 e. The lowest BCUT2D eigenvalue weighted by Gasteiger charge is -2.00. The second kappa shape index (κ2) is 2.73. The SMILES string of the molecule is Cc1cc(NS(=O)(=O)C2CC2)on1. The smallest absolute Gasteiger partial charge is 0.238 e. The number of hydrogen-bond acceptors (Lipinski definition) is 4. The molecule has 1 N–H and O–H groups in total. The second-order valence-electron chi connectivity index (χ2n) is 3.18. The lowest BCUT2D eigenvalue weighted by molar-refractivity contribution is 0.430. The van der Waals surface area contributed by atoms with Crippen molar-refractivity contribution in [1.82, 2.24) is 5.16 Å². The summed E-state index contributed by atoms with van der Waals surface area (Å²) in [7, 11) is -3.21. The number of hydrogen-bond donors (Lipinski definition) is 1. The van der Waals surface area contributed by atoms with Crippen molar-refractivity contribution in [2.45, 2.75) is 25.0 Å². The van der Waals surface area contributed by atoms with Crippen molar-refractivity contribution >= 4 is 15.9 Å². The summed E-state index contributed by atoms with van der Waals surface area (Å²) in [5.41, 5.74) is 0.661. The van der Waals surface area contributed by atoms with Gasteiger partial charge in [-0.05, 0) is 19.8 Å². The Bertz CT molecular complexity index is 405. The van der Waals surface area contributed by atoms with E-state index < -0.39 is 10.0 Å². The van der Waals surface area contributed by atoms with Crippen LogP contribution in [-0.4, -0.2) is 18.8 Å². The van der Waals surface area contributed by atoms with Gasteiger partial charge in [0.1, 0.15) is 0 Å². The molecule has 0 aromatic carbocycles. The molecule has 0 spiro atoms. The summed E-state index contributed by atoms with van der Waals surface area (Å²) >= 11 is 0. The van der Waals surface area contributed by atoms with Crippen molar-refractivity contribution in [3.8, 4) is 0 Å². The minimum atomic E-state index is -3.21. The van der Waals surface area contributed by atoms with Crippen LogP contribution in [-0.2, 0) is 10.0 Å². The van der Waals surface area contributed by atoms with Gasteiger partial charge in [-0.2, -0.15) is 0 Å². The number of aromatic nitrogens is 1. The fourth-order valence-corrected chi connectivity index (χ4v) is 2.31. The molecule has 1 fully saturated rings. The van der Waals surface area contributed by atoms with Gasteiger partial charge >= 0.3 is 0 Å². The van der Waals surface area contributed by atoms with Crippen LogP contribution in [0.15, 0.2) is 10.6 Å². The summed E-state index contributed by atoms with van der Waals surface area (Å²) in [5.74, 6) is 0.199. The Morgan fingerprint density at radius 3 is 2.77 bits per heavy atom. The Labute approximate surface area is 76.2 Å². The van der Waals surface area contributed by atoms with Crippen LogP contribution in [0.4, 0.5) is 5.88 Å². The minimum absolute atomic E-state index is 0.199. The molecule has 1 aliphatic rings. The average molecular weight is 202 g/mol. The van der Waals surface area contributed by atoms with E-state index in [9.17, 15) is 8.42 Å². The van der Waals surface area contributed by atoms with Crippen LogP contribution < -0.4 is 4.72 Å². The molecule has 0 aliphatic heterocycles. The van der Waals surface area contributed by atoms with Gasteiger partial charge in [-0.25, -0.2) is 8.42 Å². The lowest BCUT2D eigenvalue weighted by atomic mass is 10.5. The van der Waals surface area contributed by atoms with Crippen LogP contribution in [0.3, 0.4) is 0 Å². The van der Waals surface area contributed by atoms with Gasteiger partial charge < -0.3 is 4.52 Å². The Kier molecular flexibility index (Phi) is 1.80. The van der Waals surface area contributed by atoms with E-state index in [-0.39, 0.29) is 11.1 Å². The number of sulfonamides is 1. The molecule has 1 saturated carbocycles. The zero-order valence-corrected chi connectivity index (χ0v) is 7.97. The number of anilines is 1. The zero-order chi connectivity index (χ0) is 9.47. The molecule has 0 atom stereocenters. The van der Waals surface area contributed by atoms with Crippen molar-refractivity contribution in [3.63, 3.8) is 0 Å². The maximum absolute atomic E-state index is 11.4. The van der Waals surface area contributed by atoms with Gasteiger partial charge in [-0.15, -0.1) is 0 Å². The highest BCUT2D eigenvalue weighted by atomic mass is 32.2. The van der Waals surface area contributed by atoms with Gasteiger partial charge in [0, 0.05) is 6.07 Å². The van der Waals surface area contributed by atoms with Crippen LogP contribution in [0, 0.1) is 6.92 Å². The number of rotatable bonds is 3. The Balaban J connectivity index is 2.13. The monoisotopic (exact) mass is 202 g/mol. The van der Waals surface area contributed by atoms with Gasteiger partial charge in [0.15, 0.2) is 0 Å². The molecule has 0 bridgehead atoms. The minimum Gasteiger partial charge on any atom is -0.338 e.